The highest BCUT2D eigenvalue weighted by atomic mass is 35.5. The lowest BCUT2D eigenvalue weighted by Crippen LogP contribution is -2.40. The summed E-state index contributed by atoms with van der Waals surface area (Å²) in [5.41, 5.74) is 2.69. The minimum atomic E-state index is -3.80. The third-order valence-corrected chi connectivity index (χ3v) is 8.50. The maximum absolute atomic E-state index is 12.9. The Morgan fingerprint density at radius 3 is 2.14 bits per heavy atom. The second-order valence-electron chi connectivity index (χ2n) is 9.67. The second kappa shape index (κ2) is 11.7. The Morgan fingerprint density at radius 1 is 0.946 bits per heavy atom. The van der Waals surface area contributed by atoms with Crippen LogP contribution < -0.4 is 15.4 Å². The number of rotatable bonds is 9. The van der Waals surface area contributed by atoms with Crippen LogP contribution in [0.5, 0.6) is 0 Å². The maximum Gasteiger partial charge on any atom is 0.319 e. The molecule has 0 aromatic heterocycles. The lowest BCUT2D eigenvalue weighted by Gasteiger charge is -2.32. The van der Waals surface area contributed by atoms with Crippen LogP contribution in [-0.2, 0) is 16.4 Å². The van der Waals surface area contributed by atoms with Crippen LogP contribution in [0.4, 0.5) is 16.2 Å². The van der Waals surface area contributed by atoms with Gasteiger partial charge in [0.15, 0.2) is 0 Å². The van der Waals surface area contributed by atoms with Gasteiger partial charge in [0.1, 0.15) is 0 Å². The highest BCUT2D eigenvalue weighted by molar-refractivity contribution is 7.92. The fourth-order valence-corrected chi connectivity index (χ4v) is 5.11. The molecule has 0 spiro atoms. The second-order valence-corrected chi connectivity index (χ2v) is 12.1. The van der Waals surface area contributed by atoms with E-state index in [0.29, 0.717) is 27.0 Å². The standard InChI is InChI=1S/C27H32Cl2N4O3S/c1-18(23-7-6-8-24(28)25(23)29)30-26(34)31-20-13-15-22(16-14-20)37(35,36)32-21-11-9-19(10-12-21)17-27(2,3)33(4)5/h6-16,18,32H,17H2,1-5H3,(H2,30,31,34). The van der Waals surface area contributed by atoms with E-state index >= 15 is 0 Å². The van der Waals surface area contributed by atoms with Crippen molar-refractivity contribution in [1.29, 1.82) is 0 Å². The summed E-state index contributed by atoms with van der Waals surface area (Å²) < 4.78 is 28.3. The zero-order valence-corrected chi connectivity index (χ0v) is 23.8. The molecule has 37 heavy (non-hydrogen) atoms. The molecule has 3 aromatic rings. The van der Waals surface area contributed by atoms with Crippen molar-refractivity contribution in [3.8, 4) is 0 Å². The minimum absolute atomic E-state index is 0.0198. The SMILES string of the molecule is CC(NC(=O)Nc1ccc(S(=O)(=O)Nc2ccc(CC(C)(C)N(C)C)cc2)cc1)c1cccc(Cl)c1Cl. The van der Waals surface area contributed by atoms with Gasteiger partial charge >= 0.3 is 6.03 Å². The largest absolute Gasteiger partial charge is 0.331 e. The zero-order valence-electron chi connectivity index (χ0n) is 21.5. The van der Waals surface area contributed by atoms with Crippen LogP contribution in [0.2, 0.25) is 10.0 Å². The van der Waals surface area contributed by atoms with Crippen molar-refractivity contribution in [2.75, 3.05) is 24.1 Å². The molecule has 0 aliphatic rings. The van der Waals surface area contributed by atoms with Crippen LogP contribution in [0.1, 0.15) is 37.9 Å². The van der Waals surface area contributed by atoms with E-state index in [1.54, 1.807) is 37.3 Å². The summed E-state index contributed by atoms with van der Waals surface area (Å²) in [5, 5.41) is 6.27. The van der Waals surface area contributed by atoms with Crippen LogP contribution in [-0.4, -0.2) is 39.0 Å². The summed E-state index contributed by atoms with van der Waals surface area (Å²) >= 11 is 12.3. The molecule has 3 N–H and O–H groups in total. The van der Waals surface area contributed by atoms with Gasteiger partial charge in [0, 0.05) is 16.9 Å². The number of carbonyl (C=O) groups excluding carboxylic acids is 1. The van der Waals surface area contributed by atoms with Crippen molar-refractivity contribution in [2.45, 2.75) is 43.7 Å². The van der Waals surface area contributed by atoms with Crippen LogP contribution >= 0.6 is 23.2 Å². The third-order valence-electron chi connectivity index (χ3n) is 6.27. The summed E-state index contributed by atoms with van der Waals surface area (Å²) in [6.07, 6.45) is 0.833. The number of amides is 2. The Hall–Kier alpha value is -2.78. The number of hydrogen-bond acceptors (Lipinski definition) is 4. The Labute approximate surface area is 229 Å². The number of nitrogens with one attached hydrogen (secondary N) is 3. The van der Waals surface area contributed by atoms with Gasteiger partial charge in [0.25, 0.3) is 10.0 Å². The molecule has 1 unspecified atom stereocenters. The molecule has 2 amide bonds. The van der Waals surface area contributed by atoms with Crippen LogP contribution in [0.3, 0.4) is 0 Å². The summed E-state index contributed by atoms with van der Waals surface area (Å²) in [6.45, 7) is 6.09. The van der Waals surface area contributed by atoms with E-state index in [1.165, 1.54) is 24.3 Å². The monoisotopic (exact) mass is 562 g/mol. The highest BCUT2D eigenvalue weighted by Crippen LogP contribution is 2.30. The molecule has 0 radical (unpaired) electrons. The smallest absolute Gasteiger partial charge is 0.319 e. The molecule has 3 rings (SSSR count). The molecule has 0 saturated carbocycles. The van der Waals surface area contributed by atoms with Gasteiger partial charge in [-0.3, -0.25) is 4.72 Å². The molecule has 0 heterocycles. The summed E-state index contributed by atoms with van der Waals surface area (Å²) in [5.74, 6) is 0. The number of nitrogens with zero attached hydrogens (tertiary/aromatic N) is 1. The van der Waals surface area contributed by atoms with Crippen molar-refractivity contribution in [2.24, 2.45) is 0 Å². The first-order valence-electron chi connectivity index (χ1n) is 11.7. The lowest BCUT2D eigenvalue weighted by molar-refractivity contribution is 0.195. The number of anilines is 2. The highest BCUT2D eigenvalue weighted by Gasteiger charge is 2.21. The first kappa shape index (κ1) is 28.8. The molecular weight excluding hydrogens is 531 g/mol. The summed E-state index contributed by atoms with van der Waals surface area (Å²) in [4.78, 5) is 14.7. The molecular formula is C27H32Cl2N4O3S. The van der Waals surface area contributed by atoms with Gasteiger partial charge < -0.3 is 15.5 Å². The number of benzene rings is 3. The van der Waals surface area contributed by atoms with Crippen molar-refractivity contribution in [3.05, 3.63) is 87.9 Å². The van der Waals surface area contributed by atoms with Gasteiger partial charge in [0.2, 0.25) is 0 Å². The Balaban J connectivity index is 1.61. The first-order valence-corrected chi connectivity index (χ1v) is 13.9. The minimum Gasteiger partial charge on any atom is -0.331 e. The van der Waals surface area contributed by atoms with Gasteiger partial charge in [-0.1, -0.05) is 47.5 Å². The van der Waals surface area contributed by atoms with Crippen LogP contribution in [0.15, 0.2) is 71.6 Å². The number of carbonyl (C=O) groups is 1. The predicted octanol–water partition coefficient (Wildman–Crippen LogP) is 6.56. The topological polar surface area (TPSA) is 90.5 Å². The fraction of sp³-hybridized carbons (Fsp3) is 0.296. The molecule has 198 valence electrons. The molecule has 7 nitrogen and oxygen atoms in total. The van der Waals surface area contributed by atoms with Gasteiger partial charge in [0.05, 0.1) is 21.0 Å². The van der Waals surface area contributed by atoms with E-state index in [4.69, 9.17) is 23.2 Å². The Morgan fingerprint density at radius 2 is 1.54 bits per heavy atom. The molecule has 0 aliphatic heterocycles. The third kappa shape index (κ3) is 7.61. The van der Waals surface area contributed by atoms with Crippen molar-refractivity contribution in [1.82, 2.24) is 10.2 Å². The van der Waals surface area contributed by atoms with E-state index in [-0.39, 0.29) is 10.4 Å². The predicted molar refractivity (Wildman–Crippen MR) is 152 cm³/mol. The normalized spacial score (nSPS) is 12.8. The van der Waals surface area contributed by atoms with Crippen LogP contribution in [0, 0.1) is 0 Å². The molecule has 0 bridgehead atoms. The van der Waals surface area contributed by atoms with Gasteiger partial charge in [-0.15, -0.1) is 0 Å². The Bertz CT molecular complexity index is 1340. The lowest BCUT2D eigenvalue weighted by atomic mass is 9.94. The number of hydrogen-bond donors (Lipinski definition) is 3. The average molecular weight is 564 g/mol. The van der Waals surface area contributed by atoms with Crippen molar-refractivity contribution >= 4 is 50.6 Å². The molecule has 3 aromatic carbocycles. The molecule has 0 aliphatic carbocycles. The van der Waals surface area contributed by atoms with E-state index in [0.717, 1.165) is 12.0 Å². The fourth-order valence-electron chi connectivity index (χ4n) is 3.58. The quantitative estimate of drug-likeness (QED) is 0.275. The number of sulfonamides is 1. The first-order chi connectivity index (χ1) is 17.3. The van der Waals surface area contributed by atoms with Gasteiger partial charge in [-0.2, -0.15) is 0 Å². The van der Waals surface area contributed by atoms with E-state index in [2.05, 4.69) is 34.1 Å². The van der Waals surface area contributed by atoms with Gasteiger partial charge in [-0.25, -0.2) is 13.2 Å². The van der Waals surface area contributed by atoms with E-state index in [1.807, 2.05) is 26.2 Å². The zero-order chi connectivity index (χ0) is 27.4. The summed E-state index contributed by atoms with van der Waals surface area (Å²) in [7, 11) is 0.273. The molecule has 1 atom stereocenters. The molecule has 0 fully saturated rings. The van der Waals surface area contributed by atoms with Crippen molar-refractivity contribution in [3.63, 3.8) is 0 Å². The Kier molecular flexibility index (Phi) is 9.13. The molecule has 0 saturated heterocycles. The summed E-state index contributed by atoms with van der Waals surface area (Å²) in [6, 6.07) is 17.6. The van der Waals surface area contributed by atoms with Crippen molar-refractivity contribution < 1.29 is 13.2 Å². The van der Waals surface area contributed by atoms with E-state index in [9.17, 15) is 13.2 Å². The number of likely N-dealkylation sites (N-methyl/N-ethyl adjacent to an activating group) is 1. The van der Waals surface area contributed by atoms with Gasteiger partial charge in [-0.05, 0) is 94.9 Å². The average Bonchev–Trinajstić information content (AvgIpc) is 2.82. The molecule has 10 heteroatoms. The number of urea groups is 1. The van der Waals surface area contributed by atoms with Crippen LogP contribution in [0.25, 0.3) is 0 Å². The maximum atomic E-state index is 12.9. The van der Waals surface area contributed by atoms with E-state index < -0.39 is 22.1 Å². The number of halogens is 2.